The van der Waals surface area contributed by atoms with Crippen molar-refractivity contribution in [3.8, 4) is 0 Å². The summed E-state index contributed by atoms with van der Waals surface area (Å²) in [6, 6.07) is -0.498. The van der Waals surface area contributed by atoms with Gasteiger partial charge in [0.05, 0.1) is 6.04 Å². The molecule has 1 saturated heterocycles. The number of hydrogen-bond acceptors (Lipinski definition) is 1. The summed E-state index contributed by atoms with van der Waals surface area (Å²) in [6.07, 6.45) is 1.38. The molecule has 1 N–H and O–H groups in total. The molecule has 1 aliphatic heterocycles. The van der Waals surface area contributed by atoms with Gasteiger partial charge in [0.1, 0.15) is 0 Å². The molecule has 9 heavy (non-hydrogen) atoms. The van der Waals surface area contributed by atoms with E-state index < -0.39 is 12.0 Å². The second-order valence-corrected chi connectivity index (χ2v) is 2.91. The first-order valence-corrected chi connectivity index (χ1v) is 3.32. The highest BCUT2D eigenvalue weighted by Gasteiger charge is 2.56. The van der Waals surface area contributed by atoms with Crippen molar-refractivity contribution in [3.63, 3.8) is 0 Å². The van der Waals surface area contributed by atoms with Gasteiger partial charge in [-0.15, -0.1) is 0 Å². The summed E-state index contributed by atoms with van der Waals surface area (Å²) in [5, 5.41) is 2.80. The highest BCUT2D eigenvalue weighted by molar-refractivity contribution is 5.03. The van der Waals surface area contributed by atoms with Crippen molar-refractivity contribution < 1.29 is 8.78 Å². The zero-order valence-corrected chi connectivity index (χ0v) is 5.03. The van der Waals surface area contributed by atoms with Crippen LogP contribution in [0.25, 0.3) is 0 Å². The molecule has 2 atom stereocenters. The van der Waals surface area contributed by atoms with Gasteiger partial charge >= 0.3 is 0 Å². The molecule has 0 radical (unpaired) electrons. The molecule has 1 nitrogen and oxygen atoms in total. The van der Waals surface area contributed by atoms with Gasteiger partial charge < -0.3 is 5.32 Å². The fourth-order valence-electron chi connectivity index (χ4n) is 1.80. The summed E-state index contributed by atoms with van der Waals surface area (Å²) in [5.74, 6) is -2.75. The van der Waals surface area contributed by atoms with Gasteiger partial charge in [-0.05, 0) is 12.8 Å². The van der Waals surface area contributed by atoms with Gasteiger partial charge in [0.2, 0.25) is 0 Å². The number of nitrogens with one attached hydrogen (secondary N) is 1. The summed E-state index contributed by atoms with van der Waals surface area (Å²) in [4.78, 5) is 0. The number of hydrogen-bond donors (Lipinski definition) is 1. The summed E-state index contributed by atoms with van der Waals surface area (Å²) in [5.41, 5.74) is 0. The second kappa shape index (κ2) is 1.45. The van der Waals surface area contributed by atoms with Gasteiger partial charge in [-0.3, -0.25) is 0 Å². The van der Waals surface area contributed by atoms with Crippen molar-refractivity contribution in [1.82, 2.24) is 5.32 Å². The van der Waals surface area contributed by atoms with Crippen LogP contribution >= 0.6 is 0 Å². The predicted molar refractivity (Wildman–Crippen MR) is 29.5 cm³/mol. The quantitative estimate of drug-likeness (QED) is 0.520. The summed E-state index contributed by atoms with van der Waals surface area (Å²) < 4.78 is 25.5. The fourth-order valence-corrected chi connectivity index (χ4v) is 1.80. The lowest BCUT2D eigenvalue weighted by atomic mass is 10.1. The highest BCUT2D eigenvalue weighted by atomic mass is 19.3. The van der Waals surface area contributed by atoms with Crippen LogP contribution in [0.4, 0.5) is 8.78 Å². The lowest BCUT2D eigenvalue weighted by Gasteiger charge is -2.11. The van der Waals surface area contributed by atoms with Crippen LogP contribution in [0, 0.1) is 5.92 Å². The summed E-state index contributed by atoms with van der Waals surface area (Å²) in [7, 11) is 0. The van der Waals surface area contributed by atoms with E-state index >= 15 is 0 Å². The zero-order valence-electron chi connectivity index (χ0n) is 5.03. The molecule has 0 aromatic heterocycles. The molecule has 3 heteroatoms. The molecule has 2 aliphatic rings. The van der Waals surface area contributed by atoms with Gasteiger partial charge in [-0.25, -0.2) is 8.78 Å². The fraction of sp³-hybridized carbons (Fsp3) is 1.00. The van der Waals surface area contributed by atoms with Crippen LogP contribution < -0.4 is 5.32 Å². The molecular formula is C6H9F2N. The molecule has 2 fully saturated rings. The van der Waals surface area contributed by atoms with Gasteiger partial charge in [0.15, 0.2) is 0 Å². The Labute approximate surface area is 52.4 Å². The predicted octanol–water partition coefficient (Wildman–Crippen LogP) is 1.00. The molecule has 52 valence electrons. The maximum absolute atomic E-state index is 12.7. The zero-order chi connectivity index (χ0) is 6.48. The molecule has 1 aliphatic carbocycles. The van der Waals surface area contributed by atoms with Crippen LogP contribution in [-0.4, -0.2) is 18.5 Å². The third-order valence-corrected chi connectivity index (χ3v) is 2.42. The lowest BCUT2D eigenvalue weighted by molar-refractivity contribution is -0.0226. The van der Waals surface area contributed by atoms with Gasteiger partial charge in [-0.2, -0.15) is 0 Å². The SMILES string of the molecule is FC1(F)[C@H]2CC[C@@H]1NC2. The van der Waals surface area contributed by atoms with E-state index in [1.165, 1.54) is 0 Å². The minimum atomic E-state index is -2.39. The van der Waals surface area contributed by atoms with E-state index in [4.69, 9.17) is 0 Å². The van der Waals surface area contributed by atoms with Gasteiger partial charge in [0.25, 0.3) is 5.92 Å². The molecule has 1 heterocycles. The molecule has 0 aromatic rings. The molecule has 0 spiro atoms. The molecule has 2 rings (SSSR count). The largest absolute Gasteiger partial charge is 0.308 e. The molecular weight excluding hydrogens is 124 g/mol. The van der Waals surface area contributed by atoms with Crippen molar-refractivity contribution in [1.29, 1.82) is 0 Å². The topological polar surface area (TPSA) is 12.0 Å². The first kappa shape index (κ1) is 5.59. The van der Waals surface area contributed by atoms with E-state index in [0.717, 1.165) is 0 Å². The molecule has 1 saturated carbocycles. The van der Waals surface area contributed by atoms with Crippen molar-refractivity contribution in [2.45, 2.75) is 24.8 Å². The molecule has 2 bridgehead atoms. The third kappa shape index (κ3) is 0.556. The Morgan fingerprint density at radius 1 is 1.33 bits per heavy atom. The first-order chi connectivity index (χ1) is 4.21. The minimum absolute atomic E-state index is 0.359. The average molecular weight is 133 g/mol. The maximum Gasteiger partial charge on any atom is 0.267 e. The smallest absolute Gasteiger partial charge is 0.267 e. The van der Waals surface area contributed by atoms with E-state index in [2.05, 4.69) is 5.32 Å². The van der Waals surface area contributed by atoms with E-state index in [0.29, 0.717) is 19.4 Å². The average Bonchev–Trinajstić information content (AvgIpc) is 2.24. The maximum atomic E-state index is 12.7. The van der Waals surface area contributed by atoms with Crippen LogP contribution in [-0.2, 0) is 0 Å². The van der Waals surface area contributed by atoms with Crippen LogP contribution in [0.1, 0.15) is 12.8 Å². The van der Waals surface area contributed by atoms with E-state index in [-0.39, 0.29) is 5.92 Å². The van der Waals surface area contributed by atoms with E-state index in [1.54, 1.807) is 0 Å². The third-order valence-electron chi connectivity index (χ3n) is 2.42. The number of alkyl halides is 2. The Morgan fingerprint density at radius 2 is 2.11 bits per heavy atom. The van der Waals surface area contributed by atoms with Crippen LogP contribution in [0.3, 0.4) is 0 Å². The Balaban J connectivity index is 2.26. The summed E-state index contributed by atoms with van der Waals surface area (Å²) in [6.45, 7) is 0.525. The number of halogens is 2. The van der Waals surface area contributed by atoms with E-state index in [1.807, 2.05) is 0 Å². The number of piperidine rings is 1. The highest BCUT2D eigenvalue weighted by Crippen LogP contribution is 2.44. The molecule has 0 amide bonds. The van der Waals surface area contributed by atoms with E-state index in [9.17, 15) is 8.78 Å². The van der Waals surface area contributed by atoms with Gasteiger partial charge in [0, 0.05) is 12.5 Å². The Bertz CT molecular complexity index is 113. The monoisotopic (exact) mass is 133 g/mol. The number of fused-ring (bicyclic) bond motifs is 2. The molecule has 0 unspecified atom stereocenters. The van der Waals surface area contributed by atoms with Gasteiger partial charge in [-0.1, -0.05) is 0 Å². The van der Waals surface area contributed by atoms with Crippen LogP contribution in [0.2, 0.25) is 0 Å². The standard InChI is InChI=1S/C6H9F2N/c7-6(8)4-1-2-5(6)9-3-4/h4-5,9H,1-3H2/t4-,5-/m0/s1. The van der Waals surface area contributed by atoms with Crippen LogP contribution in [0.5, 0.6) is 0 Å². The summed E-state index contributed by atoms with van der Waals surface area (Å²) >= 11 is 0. The Kier molecular flexibility index (Phi) is 0.903. The minimum Gasteiger partial charge on any atom is -0.308 e. The lowest BCUT2D eigenvalue weighted by Crippen LogP contribution is -2.32. The van der Waals surface area contributed by atoms with Crippen molar-refractivity contribution in [2.24, 2.45) is 5.92 Å². The Morgan fingerprint density at radius 3 is 2.22 bits per heavy atom. The molecule has 0 aromatic carbocycles. The van der Waals surface area contributed by atoms with Crippen LogP contribution in [0.15, 0.2) is 0 Å². The van der Waals surface area contributed by atoms with Crippen molar-refractivity contribution in [2.75, 3.05) is 6.54 Å². The Hall–Kier alpha value is -0.180. The number of rotatable bonds is 0. The van der Waals surface area contributed by atoms with Crippen molar-refractivity contribution >= 4 is 0 Å². The first-order valence-electron chi connectivity index (χ1n) is 3.32. The second-order valence-electron chi connectivity index (χ2n) is 2.91. The normalized spacial score (nSPS) is 46.0. The van der Waals surface area contributed by atoms with Crippen molar-refractivity contribution in [3.05, 3.63) is 0 Å².